The Kier molecular flexibility index (Phi) is 5.58. The van der Waals surface area contributed by atoms with Gasteiger partial charge in [0, 0.05) is 29.6 Å². The van der Waals surface area contributed by atoms with Crippen LogP contribution in [0.1, 0.15) is 18.9 Å². The zero-order valence-corrected chi connectivity index (χ0v) is 12.7. The van der Waals surface area contributed by atoms with Crippen LogP contribution in [0, 0.1) is 0 Å². The molecule has 0 saturated heterocycles. The van der Waals surface area contributed by atoms with Crippen molar-refractivity contribution in [3.8, 4) is 0 Å². The summed E-state index contributed by atoms with van der Waals surface area (Å²) in [6.45, 7) is 3.13. The van der Waals surface area contributed by atoms with Gasteiger partial charge in [-0.25, -0.2) is 4.79 Å². The zero-order valence-electron chi connectivity index (χ0n) is 11.9. The predicted molar refractivity (Wildman–Crippen MR) is 85.6 cm³/mol. The Bertz CT molecular complexity index is 572. The van der Waals surface area contributed by atoms with E-state index in [1.54, 1.807) is 29.4 Å². The van der Waals surface area contributed by atoms with Gasteiger partial charge in [0.25, 0.3) is 0 Å². The maximum atomic E-state index is 12.4. The van der Waals surface area contributed by atoms with Gasteiger partial charge in [-0.2, -0.15) is 0 Å². The minimum atomic E-state index is -0.122. The van der Waals surface area contributed by atoms with Crippen LogP contribution in [0.25, 0.3) is 0 Å². The molecule has 4 nitrogen and oxygen atoms in total. The lowest BCUT2D eigenvalue weighted by atomic mass is 10.2. The average molecular weight is 304 g/mol. The van der Waals surface area contributed by atoms with Gasteiger partial charge in [0.15, 0.2) is 0 Å². The highest BCUT2D eigenvalue weighted by Crippen LogP contribution is 2.20. The number of anilines is 1. The number of urea groups is 1. The Balaban J connectivity index is 2.21. The summed E-state index contributed by atoms with van der Waals surface area (Å²) in [5.74, 6) is 0. The second-order valence-corrected chi connectivity index (χ2v) is 5.09. The summed E-state index contributed by atoms with van der Waals surface area (Å²) in [4.78, 5) is 18.1. The van der Waals surface area contributed by atoms with E-state index >= 15 is 0 Å². The van der Waals surface area contributed by atoms with Crippen molar-refractivity contribution in [2.75, 3.05) is 11.4 Å². The number of aromatic nitrogens is 1. The van der Waals surface area contributed by atoms with Gasteiger partial charge in [-0.1, -0.05) is 24.6 Å². The lowest BCUT2D eigenvalue weighted by Gasteiger charge is -2.23. The summed E-state index contributed by atoms with van der Waals surface area (Å²) >= 11 is 5.91. The molecule has 5 heteroatoms. The highest BCUT2D eigenvalue weighted by atomic mass is 35.5. The summed E-state index contributed by atoms with van der Waals surface area (Å²) in [6.07, 6.45) is 4.37. The molecule has 1 aromatic heterocycles. The summed E-state index contributed by atoms with van der Waals surface area (Å²) < 4.78 is 0. The molecule has 0 atom stereocenters. The molecule has 0 bridgehead atoms. The van der Waals surface area contributed by atoms with Crippen molar-refractivity contribution in [1.82, 2.24) is 10.3 Å². The molecule has 1 N–H and O–H groups in total. The van der Waals surface area contributed by atoms with E-state index in [9.17, 15) is 4.79 Å². The maximum absolute atomic E-state index is 12.4. The molecule has 0 spiro atoms. The first-order valence-corrected chi connectivity index (χ1v) is 7.28. The van der Waals surface area contributed by atoms with Crippen molar-refractivity contribution >= 4 is 23.3 Å². The van der Waals surface area contributed by atoms with Crippen molar-refractivity contribution in [2.24, 2.45) is 0 Å². The van der Waals surface area contributed by atoms with E-state index in [0.29, 0.717) is 18.1 Å². The van der Waals surface area contributed by atoms with Crippen LogP contribution in [0.15, 0.2) is 48.8 Å². The highest BCUT2D eigenvalue weighted by Gasteiger charge is 2.15. The lowest BCUT2D eigenvalue weighted by molar-refractivity contribution is 0.246. The summed E-state index contributed by atoms with van der Waals surface area (Å²) in [6, 6.07) is 10.9. The number of carbonyl (C=O) groups is 1. The van der Waals surface area contributed by atoms with Gasteiger partial charge >= 0.3 is 6.03 Å². The van der Waals surface area contributed by atoms with Crippen molar-refractivity contribution in [1.29, 1.82) is 0 Å². The first kappa shape index (κ1) is 15.3. The molecular formula is C16H18ClN3O. The molecule has 1 heterocycles. The number of nitrogens with one attached hydrogen (secondary N) is 1. The van der Waals surface area contributed by atoms with Crippen LogP contribution in [0.4, 0.5) is 10.5 Å². The fraction of sp³-hybridized carbons (Fsp3) is 0.250. The Labute approximate surface area is 129 Å². The Morgan fingerprint density at radius 3 is 2.67 bits per heavy atom. The molecule has 110 valence electrons. The van der Waals surface area contributed by atoms with Gasteiger partial charge in [0.1, 0.15) is 0 Å². The monoisotopic (exact) mass is 303 g/mol. The summed E-state index contributed by atoms with van der Waals surface area (Å²) in [7, 11) is 0. The van der Waals surface area contributed by atoms with E-state index in [1.807, 2.05) is 31.2 Å². The Hall–Kier alpha value is -2.07. The van der Waals surface area contributed by atoms with Gasteiger partial charge in [-0.3, -0.25) is 9.88 Å². The van der Waals surface area contributed by atoms with Gasteiger partial charge in [-0.05, 0) is 42.3 Å². The molecule has 0 aliphatic carbocycles. The van der Waals surface area contributed by atoms with Gasteiger partial charge in [-0.15, -0.1) is 0 Å². The number of carbonyl (C=O) groups excluding carboxylic acids is 1. The number of benzene rings is 1. The number of halogens is 1. The quantitative estimate of drug-likeness (QED) is 0.911. The summed E-state index contributed by atoms with van der Waals surface area (Å²) in [5.41, 5.74) is 1.77. The average Bonchev–Trinajstić information content (AvgIpc) is 2.52. The molecule has 2 aromatic rings. The van der Waals surface area contributed by atoms with E-state index in [1.165, 1.54) is 0 Å². The standard InChI is InChI=1S/C16H18ClN3O/c1-2-9-19-16(21)20(12-13-4-3-10-18-11-13)15-7-5-14(17)6-8-15/h3-8,10-11H,2,9,12H2,1H3,(H,19,21). The van der Waals surface area contributed by atoms with Crippen LogP contribution in [-0.2, 0) is 6.54 Å². The molecule has 0 saturated carbocycles. The van der Waals surface area contributed by atoms with E-state index in [-0.39, 0.29) is 6.03 Å². The second-order valence-electron chi connectivity index (χ2n) is 4.66. The molecule has 0 aliphatic heterocycles. The van der Waals surface area contributed by atoms with Crippen LogP contribution < -0.4 is 10.2 Å². The molecule has 1 aromatic carbocycles. The lowest BCUT2D eigenvalue weighted by Crippen LogP contribution is -2.40. The first-order chi connectivity index (χ1) is 10.2. The third kappa shape index (κ3) is 4.46. The van der Waals surface area contributed by atoms with Gasteiger partial charge < -0.3 is 5.32 Å². The Morgan fingerprint density at radius 2 is 2.05 bits per heavy atom. The maximum Gasteiger partial charge on any atom is 0.322 e. The SMILES string of the molecule is CCCNC(=O)N(Cc1cccnc1)c1ccc(Cl)cc1. The highest BCUT2D eigenvalue weighted by molar-refractivity contribution is 6.30. The van der Waals surface area contributed by atoms with Crippen molar-refractivity contribution in [2.45, 2.75) is 19.9 Å². The van der Waals surface area contributed by atoms with E-state index in [2.05, 4.69) is 10.3 Å². The summed E-state index contributed by atoms with van der Waals surface area (Å²) in [5, 5.41) is 3.55. The second kappa shape index (κ2) is 7.64. The topological polar surface area (TPSA) is 45.2 Å². The smallest absolute Gasteiger partial charge is 0.322 e. The molecule has 0 fully saturated rings. The molecule has 0 radical (unpaired) electrons. The van der Waals surface area contributed by atoms with Crippen LogP contribution in [-0.4, -0.2) is 17.6 Å². The minimum absolute atomic E-state index is 0.122. The number of nitrogens with zero attached hydrogens (tertiary/aromatic N) is 2. The van der Waals surface area contributed by atoms with E-state index < -0.39 is 0 Å². The van der Waals surface area contributed by atoms with Crippen molar-refractivity contribution < 1.29 is 4.79 Å². The van der Waals surface area contributed by atoms with Crippen molar-refractivity contribution in [3.63, 3.8) is 0 Å². The number of rotatable bonds is 5. The zero-order chi connectivity index (χ0) is 15.1. The Morgan fingerprint density at radius 1 is 1.29 bits per heavy atom. The number of hydrogen-bond donors (Lipinski definition) is 1. The van der Waals surface area contributed by atoms with Crippen LogP contribution in [0.2, 0.25) is 5.02 Å². The van der Waals surface area contributed by atoms with E-state index in [4.69, 9.17) is 11.6 Å². The van der Waals surface area contributed by atoms with Crippen LogP contribution >= 0.6 is 11.6 Å². The molecule has 21 heavy (non-hydrogen) atoms. The molecule has 2 amide bonds. The molecule has 0 unspecified atom stereocenters. The largest absolute Gasteiger partial charge is 0.338 e. The van der Waals surface area contributed by atoms with Gasteiger partial charge in [0.05, 0.1) is 6.54 Å². The number of pyridine rings is 1. The third-order valence-electron chi connectivity index (χ3n) is 2.97. The molecular weight excluding hydrogens is 286 g/mol. The predicted octanol–water partition coefficient (Wildman–Crippen LogP) is 3.86. The fourth-order valence-electron chi connectivity index (χ4n) is 1.90. The molecule has 0 aliphatic rings. The fourth-order valence-corrected chi connectivity index (χ4v) is 2.03. The van der Waals surface area contributed by atoms with E-state index in [0.717, 1.165) is 17.7 Å². The number of hydrogen-bond acceptors (Lipinski definition) is 2. The first-order valence-electron chi connectivity index (χ1n) is 6.90. The van der Waals surface area contributed by atoms with Crippen LogP contribution in [0.3, 0.4) is 0 Å². The number of amides is 2. The normalized spacial score (nSPS) is 10.2. The van der Waals surface area contributed by atoms with Crippen LogP contribution in [0.5, 0.6) is 0 Å². The third-order valence-corrected chi connectivity index (χ3v) is 3.23. The van der Waals surface area contributed by atoms with Crippen molar-refractivity contribution in [3.05, 3.63) is 59.4 Å². The van der Waals surface area contributed by atoms with Gasteiger partial charge in [0.2, 0.25) is 0 Å². The molecule has 2 rings (SSSR count). The minimum Gasteiger partial charge on any atom is -0.338 e.